The summed E-state index contributed by atoms with van der Waals surface area (Å²) in [7, 11) is -2.35. The SMILES string of the molecule is COc1ccc(/C=C/C(=O)O)cc1S(=O)(=O)N(CC(C)C)CC(C)C. The Morgan fingerprint density at radius 3 is 2.20 bits per heavy atom. The summed E-state index contributed by atoms with van der Waals surface area (Å²) in [5.41, 5.74) is 0.482. The number of carboxylic acid groups (broad SMARTS) is 1. The van der Waals surface area contributed by atoms with Gasteiger partial charge >= 0.3 is 5.97 Å². The van der Waals surface area contributed by atoms with Crippen LogP contribution >= 0.6 is 0 Å². The number of carbonyl (C=O) groups is 1. The van der Waals surface area contributed by atoms with Gasteiger partial charge in [0.25, 0.3) is 0 Å². The third-order valence-corrected chi connectivity index (χ3v) is 5.21. The fraction of sp³-hybridized carbons (Fsp3) is 0.500. The summed E-state index contributed by atoms with van der Waals surface area (Å²) >= 11 is 0. The zero-order valence-corrected chi connectivity index (χ0v) is 16.2. The van der Waals surface area contributed by atoms with Crippen molar-refractivity contribution in [2.75, 3.05) is 20.2 Å². The molecule has 0 fully saturated rings. The molecule has 0 bridgehead atoms. The third-order valence-electron chi connectivity index (χ3n) is 3.36. The number of methoxy groups -OCH3 is 1. The summed E-state index contributed by atoms with van der Waals surface area (Å²) in [5.74, 6) is -0.504. The van der Waals surface area contributed by atoms with Gasteiger partial charge in [-0.2, -0.15) is 4.31 Å². The van der Waals surface area contributed by atoms with Gasteiger partial charge in [-0.3, -0.25) is 0 Å². The summed E-state index contributed by atoms with van der Waals surface area (Å²) in [6.45, 7) is 8.66. The van der Waals surface area contributed by atoms with Crippen LogP contribution < -0.4 is 4.74 Å². The van der Waals surface area contributed by atoms with Gasteiger partial charge in [-0.05, 0) is 35.6 Å². The van der Waals surface area contributed by atoms with E-state index in [2.05, 4.69) is 0 Å². The second-order valence-corrected chi connectivity index (χ2v) is 8.60. The second-order valence-electron chi connectivity index (χ2n) is 6.69. The zero-order chi connectivity index (χ0) is 19.2. The molecule has 0 spiro atoms. The average Bonchev–Trinajstić information content (AvgIpc) is 2.51. The summed E-state index contributed by atoms with van der Waals surface area (Å²) in [6, 6.07) is 4.60. The van der Waals surface area contributed by atoms with Crippen LogP contribution in [0.15, 0.2) is 29.2 Å². The lowest BCUT2D eigenvalue weighted by atomic mass is 10.2. The molecule has 1 aromatic carbocycles. The minimum Gasteiger partial charge on any atom is -0.495 e. The summed E-state index contributed by atoms with van der Waals surface area (Å²) in [5, 5.41) is 8.75. The maximum atomic E-state index is 13.2. The van der Waals surface area contributed by atoms with Gasteiger partial charge < -0.3 is 9.84 Å². The molecular weight excluding hydrogens is 342 g/mol. The van der Waals surface area contributed by atoms with E-state index in [1.807, 2.05) is 27.7 Å². The predicted molar refractivity (Wildman–Crippen MR) is 98.1 cm³/mol. The van der Waals surface area contributed by atoms with Gasteiger partial charge in [-0.1, -0.05) is 33.8 Å². The molecule has 0 saturated heterocycles. The molecule has 0 heterocycles. The maximum absolute atomic E-state index is 13.2. The van der Waals surface area contributed by atoms with Crippen molar-refractivity contribution in [3.63, 3.8) is 0 Å². The van der Waals surface area contributed by atoms with Crippen molar-refractivity contribution in [1.29, 1.82) is 0 Å². The zero-order valence-electron chi connectivity index (χ0n) is 15.4. The Hall–Kier alpha value is -1.86. The fourth-order valence-corrected chi connectivity index (χ4v) is 4.35. The van der Waals surface area contributed by atoms with Crippen LogP contribution in [0.3, 0.4) is 0 Å². The van der Waals surface area contributed by atoms with E-state index < -0.39 is 16.0 Å². The molecule has 0 saturated carbocycles. The molecule has 1 N–H and O–H groups in total. The van der Waals surface area contributed by atoms with Crippen molar-refractivity contribution < 1.29 is 23.1 Å². The fourth-order valence-electron chi connectivity index (χ4n) is 2.39. The van der Waals surface area contributed by atoms with Gasteiger partial charge in [0.05, 0.1) is 7.11 Å². The molecule has 0 unspecified atom stereocenters. The van der Waals surface area contributed by atoms with Crippen molar-refractivity contribution in [3.8, 4) is 5.75 Å². The molecule has 0 atom stereocenters. The summed E-state index contributed by atoms with van der Waals surface area (Å²) < 4.78 is 33.0. The number of benzene rings is 1. The molecule has 0 aliphatic carbocycles. The van der Waals surface area contributed by atoms with Gasteiger partial charge in [0.1, 0.15) is 10.6 Å². The van der Waals surface area contributed by atoms with Crippen molar-refractivity contribution >= 4 is 22.1 Å². The minimum absolute atomic E-state index is 0.0452. The molecule has 0 aromatic heterocycles. The van der Waals surface area contributed by atoms with Crippen LogP contribution in [-0.4, -0.2) is 44.0 Å². The Morgan fingerprint density at radius 1 is 1.20 bits per heavy atom. The second kappa shape index (κ2) is 9.01. The van der Waals surface area contributed by atoms with E-state index >= 15 is 0 Å². The highest BCUT2D eigenvalue weighted by Crippen LogP contribution is 2.29. The smallest absolute Gasteiger partial charge is 0.328 e. The molecule has 1 aromatic rings. The van der Waals surface area contributed by atoms with E-state index in [0.717, 1.165) is 6.08 Å². The number of hydrogen-bond donors (Lipinski definition) is 1. The Balaban J connectivity index is 3.40. The van der Waals surface area contributed by atoms with Gasteiger partial charge in [-0.15, -0.1) is 0 Å². The van der Waals surface area contributed by atoms with E-state index in [0.29, 0.717) is 18.7 Å². The Labute approximate surface area is 150 Å². The number of nitrogens with zero attached hydrogens (tertiary/aromatic N) is 1. The van der Waals surface area contributed by atoms with Crippen LogP contribution in [0, 0.1) is 11.8 Å². The molecule has 0 aliphatic rings. The van der Waals surface area contributed by atoms with Crippen LogP contribution in [0.25, 0.3) is 6.08 Å². The standard InChI is InChI=1S/C18H27NO5S/c1-13(2)11-19(12-14(3)4)25(22,23)17-10-15(7-9-18(20)21)6-8-16(17)24-5/h6-10,13-14H,11-12H2,1-5H3,(H,20,21)/b9-7+. The number of ether oxygens (including phenoxy) is 1. The van der Waals surface area contributed by atoms with Crippen LogP contribution in [0.1, 0.15) is 33.3 Å². The molecule has 25 heavy (non-hydrogen) atoms. The van der Waals surface area contributed by atoms with E-state index in [4.69, 9.17) is 9.84 Å². The molecule has 6 nitrogen and oxygen atoms in total. The lowest BCUT2D eigenvalue weighted by Crippen LogP contribution is -2.37. The van der Waals surface area contributed by atoms with Crippen LogP contribution in [0.2, 0.25) is 0 Å². The number of rotatable bonds is 9. The largest absolute Gasteiger partial charge is 0.495 e. The van der Waals surface area contributed by atoms with Crippen LogP contribution in [0.5, 0.6) is 5.75 Å². The molecule has 0 aliphatic heterocycles. The number of carboxylic acids is 1. The van der Waals surface area contributed by atoms with Crippen molar-refractivity contribution in [3.05, 3.63) is 29.8 Å². The van der Waals surface area contributed by atoms with E-state index in [-0.39, 0.29) is 22.5 Å². The first kappa shape index (κ1) is 21.2. The molecule has 0 radical (unpaired) electrons. The number of hydrogen-bond acceptors (Lipinski definition) is 4. The van der Waals surface area contributed by atoms with Gasteiger partial charge in [0, 0.05) is 19.2 Å². The molecule has 140 valence electrons. The first-order chi connectivity index (χ1) is 11.6. The first-order valence-electron chi connectivity index (χ1n) is 8.17. The van der Waals surface area contributed by atoms with Crippen molar-refractivity contribution in [2.45, 2.75) is 32.6 Å². The minimum atomic E-state index is -3.77. The average molecular weight is 369 g/mol. The van der Waals surface area contributed by atoms with E-state index in [9.17, 15) is 13.2 Å². The summed E-state index contributed by atoms with van der Waals surface area (Å²) in [6.07, 6.45) is 2.33. The topological polar surface area (TPSA) is 83.9 Å². The monoisotopic (exact) mass is 369 g/mol. The Kier molecular flexibility index (Phi) is 7.63. The lowest BCUT2D eigenvalue weighted by Gasteiger charge is -2.26. The van der Waals surface area contributed by atoms with Gasteiger partial charge in [0.15, 0.2) is 0 Å². The highest BCUT2D eigenvalue weighted by molar-refractivity contribution is 7.89. The van der Waals surface area contributed by atoms with Crippen LogP contribution in [0.4, 0.5) is 0 Å². The highest BCUT2D eigenvalue weighted by atomic mass is 32.2. The molecular formula is C18H27NO5S. The Morgan fingerprint density at radius 2 is 1.76 bits per heavy atom. The van der Waals surface area contributed by atoms with Crippen molar-refractivity contribution in [1.82, 2.24) is 4.31 Å². The van der Waals surface area contributed by atoms with E-state index in [1.54, 1.807) is 6.07 Å². The van der Waals surface area contributed by atoms with Gasteiger partial charge in [-0.25, -0.2) is 13.2 Å². The van der Waals surface area contributed by atoms with E-state index in [1.165, 1.54) is 29.6 Å². The van der Waals surface area contributed by atoms with Crippen LogP contribution in [-0.2, 0) is 14.8 Å². The maximum Gasteiger partial charge on any atom is 0.328 e. The normalized spacial score (nSPS) is 12.5. The molecule has 1 rings (SSSR count). The predicted octanol–water partition coefficient (Wildman–Crippen LogP) is 3.10. The summed E-state index contributed by atoms with van der Waals surface area (Å²) in [4.78, 5) is 10.7. The number of aliphatic carboxylic acids is 1. The van der Waals surface area contributed by atoms with Crippen molar-refractivity contribution in [2.24, 2.45) is 11.8 Å². The third kappa shape index (κ3) is 6.17. The number of sulfonamides is 1. The lowest BCUT2D eigenvalue weighted by molar-refractivity contribution is -0.131. The molecule has 7 heteroatoms. The highest BCUT2D eigenvalue weighted by Gasteiger charge is 2.29. The first-order valence-corrected chi connectivity index (χ1v) is 9.61. The Bertz CT molecular complexity index is 713. The van der Waals surface area contributed by atoms with Gasteiger partial charge in [0.2, 0.25) is 10.0 Å². The quantitative estimate of drug-likeness (QED) is 0.676. The molecule has 0 amide bonds.